The van der Waals surface area contributed by atoms with Crippen molar-refractivity contribution < 1.29 is 38.4 Å². The van der Waals surface area contributed by atoms with Crippen LogP contribution < -0.4 is 9.47 Å². The van der Waals surface area contributed by atoms with Crippen molar-refractivity contribution >= 4 is 11.9 Å². The van der Waals surface area contributed by atoms with Gasteiger partial charge in [-0.15, -0.1) is 0 Å². The van der Waals surface area contributed by atoms with Gasteiger partial charge in [0.25, 0.3) is 0 Å². The molecule has 0 aromatic heterocycles. The number of aliphatic hydroxyl groups is 1. The van der Waals surface area contributed by atoms with Gasteiger partial charge in [0.15, 0.2) is 23.7 Å². The van der Waals surface area contributed by atoms with E-state index in [4.69, 9.17) is 23.7 Å². The zero-order valence-corrected chi connectivity index (χ0v) is 19.0. The summed E-state index contributed by atoms with van der Waals surface area (Å²) in [5, 5.41) is 12.1. The lowest BCUT2D eigenvalue weighted by atomic mass is 9.47. The van der Waals surface area contributed by atoms with Crippen LogP contribution in [-0.4, -0.2) is 47.8 Å². The van der Waals surface area contributed by atoms with Gasteiger partial charge in [-0.1, -0.05) is 12.5 Å². The van der Waals surface area contributed by atoms with Crippen LogP contribution in [0.25, 0.3) is 0 Å². The molecule has 1 N–H and O–H groups in total. The molecule has 2 bridgehead atoms. The smallest absolute Gasteiger partial charge is 0.338 e. The quantitative estimate of drug-likeness (QED) is 0.691. The fraction of sp³-hybridized carbons (Fsp3) is 0.600. The molecule has 1 saturated heterocycles. The van der Waals surface area contributed by atoms with Crippen molar-refractivity contribution in [1.29, 1.82) is 0 Å². The van der Waals surface area contributed by atoms with Crippen LogP contribution in [0.4, 0.5) is 0 Å². The Morgan fingerprint density at radius 1 is 1.30 bits per heavy atom. The van der Waals surface area contributed by atoms with E-state index in [1.165, 1.54) is 5.56 Å². The number of carbonyl (C=O) groups is 2. The Morgan fingerprint density at radius 2 is 2.12 bits per heavy atom. The van der Waals surface area contributed by atoms with Crippen molar-refractivity contribution in [3.05, 3.63) is 35.1 Å². The fourth-order valence-corrected chi connectivity index (χ4v) is 6.85. The standard InChI is InChI=1S/C25H28O8/c1-23(2)32-17(22(27)33-23)12-18(26)30-16-8-10-25(28)14-5-4-9-24(25)19-13(11-14)6-7-15(29-3)20(19)31-21(16)24/h6-8,14,17,21,28H,4-5,9-12H2,1-3H3/t14-,17?,21+,24+,25-/m1/s1. The third kappa shape index (κ3) is 2.71. The van der Waals surface area contributed by atoms with Gasteiger partial charge in [-0.2, -0.15) is 0 Å². The molecule has 1 spiro atoms. The average molecular weight is 456 g/mol. The van der Waals surface area contributed by atoms with E-state index in [0.717, 1.165) is 31.2 Å². The second kappa shape index (κ2) is 6.73. The number of esters is 2. The van der Waals surface area contributed by atoms with Gasteiger partial charge >= 0.3 is 11.9 Å². The minimum atomic E-state index is -1.07. The highest BCUT2D eigenvalue weighted by Crippen LogP contribution is 2.67. The molecular weight excluding hydrogens is 428 g/mol. The Hall–Kier alpha value is -2.58. The number of ether oxygens (including phenoxy) is 5. The number of rotatable bonds is 4. The summed E-state index contributed by atoms with van der Waals surface area (Å²) in [7, 11) is 1.60. The molecule has 176 valence electrons. The summed E-state index contributed by atoms with van der Waals surface area (Å²) in [4.78, 5) is 24.9. The van der Waals surface area contributed by atoms with Crippen LogP contribution in [0.3, 0.4) is 0 Å². The van der Waals surface area contributed by atoms with Crippen LogP contribution in [0.2, 0.25) is 0 Å². The molecule has 0 amide bonds. The van der Waals surface area contributed by atoms with Gasteiger partial charge in [0, 0.05) is 19.4 Å². The van der Waals surface area contributed by atoms with Gasteiger partial charge < -0.3 is 28.8 Å². The van der Waals surface area contributed by atoms with Crippen LogP contribution in [0.5, 0.6) is 11.5 Å². The first-order valence-electron chi connectivity index (χ1n) is 11.6. The number of hydrogen-bond acceptors (Lipinski definition) is 8. The highest BCUT2D eigenvalue weighted by atomic mass is 16.8. The first kappa shape index (κ1) is 21.0. The Labute approximate surface area is 191 Å². The minimum Gasteiger partial charge on any atom is -0.493 e. The van der Waals surface area contributed by atoms with Gasteiger partial charge in [-0.25, -0.2) is 4.79 Å². The zero-order chi connectivity index (χ0) is 23.2. The first-order valence-corrected chi connectivity index (χ1v) is 11.6. The summed E-state index contributed by atoms with van der Waals surface area (Å²) < 4.78 is 28.5. The second-order valence-electron chi connectivity index (χ2n) is 10.2. The lowest BCUT2D eigenvalue weighted by Crippen LogP contribution is -2.67. The van der Waals surface area contributed by atoms with Crippen LogP contribution in [0, 0.1) is 5.92 Å². The van der Waals surface area contributed by atoms with Gasteiger partial charge in [-0.3, -0.25) is 4.79 Å². The molecule has 1 aromatic carbocycles. The summed E-state index contributed by atoms with van der Waals surface area (Å²) in [6, 6.07) is 3.97. The minimum absolute atomic E-state index is 0.113. The third-order valence-electron chi connectivity index (χ3n) is 8.09. The van der Waals surface area contributed by atoms with Crippen molar-refractivity contribution in [2.24, 2.45) is 5.92 Å². The van der Waals surface area contributed by atoms with Crippen LogP contribution in [-0.2, 0) is 35.6 Å². The van der Waals surface area contributed by atoms with Crippen molar-refractivity contribution in [3.8, 4) is 11.5 Å². The van der Waals surface area contributed by atoms with Crippen molar-refractivity contribution in [3.63, 3.8) is 0 Å². The Kier molecular flexibility index (Phi) is 4.28. The molecule has 8 nitrogen and oxygen atoms in total. The summed E-state index contributed by atoms with van der Waals surface area (Å²) in [6.45, 7) is 3.24. The normalized spacial score (nSPS) is 36.9. The molecule has 2 heterocycles. The van der Waals surface area contributed by atoms with E-state index in [2.05, 4.69) is 6.07 Å². The Balaban J connectivity index is 1.35. The van der Waals surface area contributed by atoms with Crippen molar-refractivity contribution in [1.82, 2.24) is 0 Å². The summed E-state index contributed by atoms with van der Waals surface area (Å²) in [5.74, 6) is -0.514. The number of benzene rings is 1. The van der Waals surface area contributed by atoms with Crippen LogP contribution >= 0.6 is 0 Å². The van der Waals surface area contributed by atoms with E-state index in [9.17, 15) is 14.7 Å². The SMILES string of the molecule is COc1ccc2c3c1O[C@H]1C(OC(=O)CC4OC(C)(C)OC4=O)=CC[C@@]4(O)[C@H](CCC[C@]314)C2. The monoisotopic (exact) mass is 456 g/mol. The molecule has 1 saturated carbocycles. The Morgan fingerprint density at radius 3 is 2.85 bits per heavy atom. The summed E-state index contributed by atoms with van der Waals surface area (Å²) >= 11 is 0. The predicted molar refractivity (Wildman–Crippen MR) is 114 cm³/mol. The maximum Gasteiger partial charge on any atom is 0.338 e. The molecule has 6 rings (SSSR count). The molecule has 0 radical (unpaired) electrons. The molecule has 3 aliphatic carbocycles. The molecule has 2 aliphatic heterocycles. The lowest BCUT2D eigenvalue weighted by Gasteiger charge is -2.59. The van der Waals surface area contributed by atoms with Crippen molar-refractivity contribution in [2.45, 2.75) is 81.4 Å². The van der Waals surface area contributed by atoms with E-state index in [-0.39, 0.29) is 12.3 Å². The maximum absolute atomic E-state index is 12.8. The first-order chi connectivity index (χ1) is 15.7. The van der Waals surface area contributed by atoms with Crippen LogP contribution in [0.1, 0.15) is 57.1 Å². The van der Waals surface area contributed by atoms with Gasteiger partial charge in [0.05, 0.1) is 24.5 Å². The highest BCUT2D eigenvalue weighted by molar-refractivity contribution is 5.83. The zero-order valence-electron chi connectivity index (χ0n) is 19.0. The molecule has 5 aliphatic rings. The number of carbonyl (C=O) groups excluding carboxylic acids is 2. The highest BCUT2D eigenvalue weighted by Gasteiger charge is 2.71. The topological polar surface area (TPSA) is 101 Å². The predicted octanol–water partition coefficient (Wildman–Crippen LogP) is 2.68. The van der Waals surface area contributed by atoms with E-state index < -0.39 is 40.9 Å². The number of methoxy groups -OCH3 is 1. The van der Waals surface area contributed by atoms with E-state index in [1.807, 2.05) is 6.07 Å². The molecule has 33 heavy (non-hydrogen) atoms. The Bertz CT molecular complexity index is 1090. The lowest BCUT2D eigenvalue weighted by molar-refractivity contribution is -0.164. The molecular formula is C25H28O8. The number of hydrogen-bond donors (Lipinski definition) is 1. The van der Waals surface area contributed by atoms with Crippen molar-refractivity contribution in [2.75, 3.05) is 7.11 Å². The largest absolute Gasteiger partial charge is 0.493 e. The van der Waals surface area contributed by atoms with Gasteiger partial charge in [-0.05, 0) is 49.3 Å². The molecule has 1 aromatic rings. The molecule has 5 atom stereocenters. The molecule has 8 heteroatoms. The molecule has 1 unspecified atom stereocenters. The van der Waals surface area contributed by atoms with E-state index in [1.54, 1.807) is 27.0 Å². The third-order valence-corrected chi connectivity index (χ3v) is 8.09. The van der Waals surface area contributed by atoms with Gasteiger partial charge in [0.1, 0.15) is 5.76 Å². The van der Waals surface area contributed by atoms with Crippen LogP contribution in [0.15, 0.2) is 24.0 Å². The number of cyclic esters (lactones) is 1. The summed E-state index contributed by atoms with van der Waals surface area (Å²) in [6.07, 6.45) is 3.70. The van der Waals surface area contributed by atoms with Gasteiger partial charge in [0.2, 0.25) is 5.79 Å². The fourth-order valence-electron chi connectivity index (χ4n) is 6.85. The second-order valence-corrected chi connectivity index (χ2v) is 10.2. The maximum atomic E-state index is 12.8. The van der Waals surface area contributed by atoms with E-state index >= 15 is 0 Å². The summed E-state index contributed by atoms with van der Waals surface area (Å²) in [5.41, 5.74) is 0.498. The molecule has 2 fully saturated rings. The average Bonchev–Trinajstić information content (AvgIpc) is 3.22. The van der Waals surface area contributed by atoms with E-state index in [0.29, 0.717) is 23.7 Å².